The molecule has 12 heavy (non-hydrogen) atoms. The minimum absolute atomic E-state index is 0.165. The standard InChI is InChI=1S/C7H9F2N3/c8-5-3-6(9)12-7(4-5)11-2-1-10/h3-4H,1-2,10H2,(H,11,12). The lowest BCUT2D eigenvalue weighted by atomic mass is 10.4. The lowest BCUT2D eigenvalue weighted by Crippen LogP contribution is -2.14. The first-order valence-electron chi connectivity index (χ1n) is 3.49. The van der Waals surface area contributed by atoms with E-state index in [-0.39, 0.29) is 5.82 Å². The maximum Gasteiger partial charge on any atom is 0.217 e. The van der Waals surface area contributed by atoms with Gasteiger partial charge in [-0.05, 0) is 0 Å². The number of hydrogen-bond donors (Lipinski definition) is 2. The van der Waals surface area contributed by atoms with Gasteiger partial charge in [0.15, 0.2) is 0 Å². The van der Waals surface area contributed by atoms with E-state index in [4.69, 9.17) is 5.73 Å². The van der Waals surface area contributed by atoms with Crippen molar-refractivity contribution in [2.24, 2.45) is 5.73 Å². The molecule has 0 aliphatic rings. The van der Waals surface area contributed by atoms with Crippen molar-refractivity contribution in [2.45, 2.75) is 0 Å². The number of rotatable bonds is 3. The van der Waals surface area contributed by atoms with E-state index in [1.165, 1.54) is 0 Å². The fraction of sp³-hybridized carbons (Fsp3) is 0.286. The summed E-state index contributed by atoms with van der Waals surface area (Å²) in [5.41, 5.74) is 5.17. The van der Waals surface area contributed by atoms with Crippen LogP contribution in [0.15, 0.2) is 12.1 Å². The highest BCUT2D eigenvalue weighted by atomic mass is 19.1. The van der Waals surface area contributed by atoms with E-state index < -0.39 is 11.8 Å². The van der Waals surface area contributed by atoms with E-state index in [9.17, 15) is 8.78 Å². The molecule has 0 atom stereocenters. The van der Waals surface area contributed by atoms with E-state index in [0.29, 0.717) is 19.2 Å². The largest absolute Gasteiger partial charge is 0.369 e. The molecule has 3 nitrogen and oxygen atoms in total. The quantitative estimate of drug-likeness (QED) is 0.662. The number of hydrogen-bond acceptors (Lipinski definition) is 3. The average Bonchev–Trinajstić information content (AvgIpc) is 1.99. The second-order valence-corrected chi connectivity index (χ2v) is 2.21. The van der Waals surface area contributed by atoms with Gasteiger partial charge in [0.1, 0.15) is 11.6 Å². The Morgan fingerprint density at radius 1 is 1.42 bits per heavy atom. The number of nitrogens with one attached hydrogen (secondary N) is 1. The minimum atomic E-state index is -0.838. The summed E-state index contributed by atoms with van der Waals surface area (Å²) in [7, 11) is 0. The first kappa shape index (κ1) is 8.86. The zero-order chi connectivity index (χ0) is 8.97. The van der Waals surface area contributed by atoms with Gasteiger partial charge < -0.3 is 11.1 Å². The predicted molar refractivity (Wildman–Crippen MR) is 41.7 cm³/mol. The van der Waals surface area contributed by atoms with Gasteiger partial charge >= 0.3 is 0 Å². The Morgan fingerprint density at radius 2 is 2.17 bits per heavy atom. The van der Waals surface area contributed by atoms with Crippen LogP contribution in [0.25, 0.3) is 0 Å². The van der Waals surface area contributed by atoms with Crippen LogP contribution in [-0.4, -0.2) is 18.1 Å². The fourth-order valence-corrected chi connectivity index (χ4v) is 0.756. The van der Waals surface area contributed by atoms with Crippen LogP contribution in [0.3, 0.4) is 0 Å². The van der Waals surface area contributed by atoms with Crippen molar-refractivity contribution in [1.29, 1.82) is 0 Å². The van der Waals surface area contributed by atoms with E-state index in [2.05, 4.69) is 10.3 Å². The van der Waals surface area contributed by atoms with Crippen LogP contribution in [0.2, 0.25) is 0 Å². The molecule has 0 saturated heterocycles. The Morgan fingerprint density at radius 3 is 2.75 bits per heavy atom. The molecule has 66 valence electrons. The first-order valence-corrected chi connectivity index (χ1v) is 3.49. The Bertz CT molecular complexity index is 245. The molecule has 0 unspecified atom stereocenters. The molecule has 0 amide bonds. The van der Waals surface area contributed by atoms with Crippen molar-refractivity contribution in [1.82, 2.24) is 4.98 Å². The second kappa shape index (κ2) is 3.96. The molecule has 0 radical (unpaired) electrons. The highest BCUT2D eigenvalue weighted by Gasteiger charge is 1.99. The maximum atomic E-state index is 12.5. The molecule has 5 heteroatoms. The highest BCUT2D eigenvalue weighted by Crippen LogP contribution is 2.07. The number of pyridine rings is 1. The summed E-state index contributed by atoms with van der Waals surface area (Å²) in [6.45, 7) is 0.829. The van der Waals surface area contributed by atoms with Gasteiger partial charge in [0.05, 0.1) is 0 Å². The van der Waals surface area contributed by atoms with Crippen molar-refractivity contribution < 1.29 is 8.78 Å². The predicted octanol–water partition coefficient (Wildman–Crippen LogP) is 0.730. The Hall–Kier alpha value is -1.23. The summed E-state index contributed by atoms with van der Waals surface area (Å²) in [5.74, 6) is -1.32. The summed E-state index contributed by atoms with van der Waals surface area (Å²) >= 11 is 0. The summed E-state index contributed by atoms with van der Waals surface area (Å²) < 4.78 is 24.9. The zero-order valence-corrected chi connectivity index (χ0v) is 6.35. The number of anilines is 1. The van der Waals surface area contributed by atoms with Gasteiger partial charge in [0, 0.05) is 25.2 Å². The van der Waals surface area contributed by atoms with Crippen LogP contribution < -0.4 is 11.1 Å². The first-order chi connectivity index (χ1) is 5.72. The van der Waals surface area contributed by atoms with E-state index in [0.717, 1.165) is 6.07 Å². The molecule has 0 fully saturated rings. The third-order valence-corrected chi connectivity index (χ3v) is 1.21. The van der Waals surface area contributed by atoms with Gasteiger partial charge in [-0.2, -0.15) is 4.39 Å². The Kier molecular flexibility index (Phi) is 2.93. The summed E-state index contributed by atoms with van der Waals surface area (Å²) in [5, 5.41) is 2.66. The molecular formula is C7H9F2N3. The van der Waals surface area contributed by atoms with Crippen molar-refractivity contribution >= 4 is 5.82 Å². The molecule has 0 spiro atoms. The molecule has 0 aliphatic heterocycles. The minimum Gasteiger partial charge on any atom is -0.369 e. The van der Waals surface area contributed by atoms with Crippen molar-refractivity contribution in [3.05, 3.63) is 23.9 Å². The second-order valence-electron chi connectivity index (χ2n) is 2.21. The highest BCUT2D eigenvalue weighted by molar-refractivity contribution is 5.34. The van der Waals surface area contributed by atoms with Crippen LogP contribution in [0, 0.1) is 11.8 Å². The molecule has 3 N–H and O–H groups in total. The molecule has 1 rings (SSSR count). The number of nitrogens with zero attached hydrogens (tertiary/aromatic N) is 1. The van der Waals surface area contributed by atoms with Crippen LogP contribution >= 0.6 is 0 Å². The maximum absolute atomic E-state index is 12.5. The van der Waals surface area contributed by atoms with Gasteiger partial charge in [-0.15, -0.1) is 0 Å². The lowest BCUT2D eigenvalue weighted by Gasteiger charge is -2.02. The van der Waals surface area contributed by atoms with Crippen LogP contribution in [-0.2, 0) is 0 Å². The molecule has 0 bridgehead atoms. The van der Waals surface area contributed by atoms with Crippen LogP contribution in [0.1, 0.15) is 0 Å². The molecule has 0 saturated carbocycles. The molecule has 1 aromatic rings. The third kappa shape index (κ3) is 2.43. The van der Waals surface area contributed by atoms with Gasteiger partial charge in [-0.25, -0.2) is 9.37 Å². The molecule has 0 aromatic carbocycles. The molecule has 0 aliphatic carbocycles. The van der Waals surface area contributed by atoms with Crippen molar-refractivity contribution in [2.75, 3.05) is 18.4 Å². The monoisotopic (exact) mass is 173 g/mol. The topological polar surface area (TPSA) is 50.9 Å². The molecule has 1 aromatic heterocycles. The average molecular weight is 173 g/mol. The van der Waals surface area contributed by atoms with Gasteiger partial charge in [-0.3, -0.25) is 0 Å². The van der Waals surface area contributed by atoms with Crippen molar-refractivity contribution in [3.8, 4) is 0 Å². The van der Waals surface area contributed by atoms with Crippen molar-refractivity contribution in [3.63, 3.8) is 0 Å². The Labute approximate surface area is 68.6 Å². The van der Waals surface area contributed by atoms with Crippen LogP contribution in [0.4, 0.5) is 14.6 Å². The number of nitrogens with two attached hydrogens (primary N) is 1. The summed E-state index contributed by atoms with van der Waals surface area (Å²) in [6.07, 6.45) is 0. The van der Waals surface area contributed by atoms with E-state index in [1.54, 1.807) is 0 Å². The van der Waals surface area contributed by atoms with Gasteiger partial charge in [0.25, 0.3) is 0 Å². The third-order valence-electron chi connectivity index (χ3n) is 1.21. The SMILES string of the molecule is NCCNc1cc(F)cc(F)n1. The Balaban J connectivity index is 2.72. The lowest BCUT2D eigenvalue weighted by molar-refractivity contribution is 0.553. The normalized spacial score (nSPS) is 9.92. The van der Waals surface area contributed by atoms with Gasteiger partial charge in [0.2, 0.25) is 5.95 Å². The molecule has 1 heterocycles. The fourth-order valence-electron chi connectivity index (χ4n) is 0.756. The van der Waals surface area contributed by atoms with Gasteiger partial charge in [-0.1, -0.05) is 0 Å². The zero-order valence-electron chi connectivity index (χ0n) is 6.35. The molecular weight excluding hydrogens is 164 g/mol. The smallest absolute Gasteiger partial charge is 0.217 e. The summed E-state index contributed by atoms with van der Waals surface area (Å²) in [4.78, 5) is 3.40. The number of halogens is 2. The number of aromatic nitrogens is 1. The summed E-state index contributed by atoms with van der Waals surface area (Å²) in [6, 6.07) is 1.83. The van der Waals surface area contributed by atoms with E-state index in [1.807, 2.05) is 0 Å². The van der Waals surface area contributed by atoms with Crippen LogP contribution in [0.5, 0.6) is 0 Å². The van der Waals surface area contributed by atoms with E-state index >= 15 is 0 Å².